The molecule has 1 unspecified atom stereocenters. The maximum absolute atomic E-state index is 13.1. The maximum atomic E-state index is 13.1. The summed E-state index contributed by atoms with van der Waals surface area (Å²) in [7, 11) is 2.09. The molecule has 2 aromatic carbocycles. The summed E-state index contributed by atoms with van der Waals surface area (Å²) in [6.45, 7) is 6.64. The van der Waals surface area contributed by atoms with Gasteiger partial charge in [0.15, 0.2) is 0 Å². The number of urea groups is 1. The molecule has 0 bridgehead atoms. The number of rotatable bonds is 2. The minimum absolute atomic E-state index is 0.0527. The fraction of sp³-hybridized carbons (Fsp3) is 0.292. The number of nitrogens with zero attached hydrogens (tertiary/aromatic N) is 2. The molecule has 7 heteroatoms. The van der Waals surface area contributed by atoms with Crippen LogP contribution in [0.25, 0.3) is 6.08 Å². The Morgan fingerprint density at radius 3 is 2.45 bits per heavy atom. The van der Waals surface area contributed by atoms with Crippen molar-refractivity contribution >= 4 is 51.2 Å². The number of fused-ring (bicyclic) bond motifs is 1. The van der Waals surface area contributed by atoms with Gasteiger partial charge in [0.2, 0.25) is 0 Å². The zero-order valence-electron chi connectivity index (χ0n) is 17.9. The third kappa shape index (κ3) is 3.78. The van der Waals surface area contributed by atoms with E-state index in [1.54, 1.807) is 30.3 Å². The van der Waals surface area contributed by atoms with Gasteiger partial charge < -0.3 is 4.90 Å². The van der Waals surface area contributed by atoms with Gasteiger partial charge in [-0.1, -0.05) is 28.9 Å². The number of hydrogen-bond acceptors (Lipinski definition) is 4. The molecule has 2 aromatic rings. The van der Waals surface area contributed by atoms with Gasteiger partial charge in [0.05, 0.1) is 5.69 Å². The first-order valence-corrected chi connectivity index (χ1v) is 10.9. The minimum Gasteiger partial charge on any atom is -0.369 e. The number of nitrogens with one attached hydrogen (secondary N) is 1. The Balaban J connectivity index is 1.72. The molecule has 0 saturated carbocycles. The monoisotopic (exact) mass is 481 g/mol. The molecule has 0 radical (unpaired) electrons. The van der Waals surface area contributed by atoms with E-state index in [1.807, 2.05) is 18.2 Å². The van der Waals surface area contributed by atoms with E-state index in [0.29, 0.717) is 11.6 Å². The predicted molar refractivity (Wildman–Crippen MR) is 125 cm³/mol. The van der Waals surface area contributed by atoms with E-state index in [0.717, 1.165) is 27.0 Å². The molecule has 0 aromatic heterocycles. The van der Waals surface area contributed by atoms with Crippen molar-refractivity contribution in [2.24, 2.45) is 0 Å². The number of imide groups is 2. The Bertz CT molecular complexity index is 1120. The molecule has 2 heterocycles. The van der Waals surface area contributed by atoms with Crippen LogP contribution in [0.5, 0.6) is 0 Å². The van der Waals surface area contributed by atoms with Crippen LogP contribution in [0.3, 0.4) is 0 Å². The van der Waals surface area contributed by atoms with Crippen molar-refractivity contribution in [2.75, 3.05) is 16.8 Å². The summed E-state index contributed by atoms with van der Waals surface area (Å²) in [6.07, 6.45) is 2.56. The van der Waals surface area contributed by atoms with Gasteiger partial charge >= 0.3 is 6.03 Å². The second-order valence-electron chi connectivity index (χ2n) is 8.73. The fourth-order valence-electron chi connectivity index (χ4n) is 4.33. The number of carbonyl (C=O) groups is 3. The first kappa shape index (κ1) is 21.3. The summed E-state index contributed by atoms with van der Waals surface area (Å²) in [5.41, 5.74) is 3.46. The third-order valence-electron chi connectivity index (χ3n) is 6.16. The molecule has 1 atom stereocenters. The molecule has 6 nitrogen and oxygen atoms in total. The van der Waals surface area contributed by atoms with Crippen LogP contribution in [0.2, 0.25) is 0 Å². The first-order valence-electron chi connectivity index (χ1n) is 10.1. The van der Waals surface area contributed by atoms with Crippen LogP contribution in [0.4, 0.5) is 16.2 Å². The second-order valence-corrected chi connectivity index (χ2v) is 9.64. The van der Waals surface area contributed by atoms with Gasteiger partial charge in [-0.3, -0.25) is 14.9 Å². The Kier molecular flexibility index (Phi) is 5.25. The van der Waals surface area contributed by atoms with Crippen molar-refractivity contribution in [3.8, 4) is 0 Å². The molecule has 4 rings (SSSR count). The predicted octanol–water partition coefficient (Wildman–Crippen LogP) is 4.84. The quantitative estimate of drug-likeness (QED) is 0.492. The van der Waals surface area contributed by atoms with Gasteiger partial charge in [-0.25, -0.2) is 9.69 Å². The lowest BCUT2D eigenvalue weighted by molar-refractivity contribution is -0.122. The van der Waals surface area contributed by atoms with E-state index in [2.05, 4.69) is 54.0 Å². The zero-order chi connectivity index (χ0) is 22.5. The first-order chi connectivity index (χ1) is 14.6. The van der Waals surface area contributed by atoms with Crippen LogP contribution < -0.4 is 15.1 Å². The molecule has 1 saturated heterocycles. The zero-order valence-corrected chi connectivity index (χ0v) is 19.5. The van der Waals surface area contributed by atoms with Crippen molar-refractivity contribution in [3.05, 3.63) is 63.6 Å². The highest BCUT2D eigenvalue weighted by Crippen LogP contribution is 2.42. The molecule has 2 aliphatic heterocycles. The Morgan fingerprint density at radius 1 is 1.10 bits per heavy atom. The molecule has 1 N–H and O–H groups in total. The van der Waals surface area contributed by atoms with Crippen LogP contribution >= 0.6 is 15.9 Å². The van der Waals surface area contributed by atoms with E-state index < -0.39 is 17.8 Å². The van der Waals surface area contributed by atoms with Gasteiger partial charge in [0, 0.05) is 22.7 Å². The normalized spacial score (nSPS) is 21.9. The van der Waals surface area contributed by atoms with E-state index in [1.165, 1.54) is 5.56 Å². The summed E-state index contributed by atoms with van der Waals surface area (Å²) < 4.78 is 0.823. The highest BCUT2D eigenvalue weighted by Gasteiger charge is 2.37. The molecule has 1 fully saturated rings. The van der Waals surface area contributed by atoms with Crippen molar-refractivity contribution in [1.82, 2.24) is 5.32 Å². The van der Waals surface area contributed by atoms with Crippen LogP contribution in [0.15, 0.2) is 52.5 Å². The minimum atomic E-state index is -0.752. The summed E-state index contributed by atoms with van der Waals surface area (Å²) in [5, 5.41) is 2.27. The van der Waals surface area contributed by atoms with Crippen LogP contribution in [0.1, 0.15) is 44.2 Å². The molecular weight excluding hydrogens is 458 g/mol. The average Bonchev–Trinajstić information content (AvgIpc) is 2.70. The van der Waals surface area contributed by atoms with E-state index in [4.69, 9.17) is 0 Å². The lowest BCUT2D eigenvalue weighted by atomic mass is 9.80. The number of hydrogen-bond donors (Lipinski definition) is 1. The van der Waals surface area contributed by atoms with Crippen molar-refractivity contribution in [2.45, 2.75) is 38.6 Å². The van der Waals surface area contributed by atoms with Crippen LogP contribution in [-0.2, 0) is 9.59 Å². The van der Waals surface area contributed by atoms with Gasteiger partial charge in [-0.2, -0.15) is 0 Å². The average molecular weight is 482 g/mol. The Hall–Kier alpha value is -2.93. The van der Waals surface area contributed by atoms with Crippen molar-refractivity contribution < 1.29 is 14.4 Å². The lowest BCUT2D eigenvalue weighted by Crippen LogP contribution is -2.54. The highest BCUT2D eigenvalue weighted by molar-refractivity contribution is 9.10. The van der Waals surface area contributed by atoms with Gasteiger partial charge in [-0.05, 0) is 79.8 Å². The number of benzene rings is 2. The number of carbonyl (C=O) groups excluding carboxylic acids is 3. The number of anilines is 2. The maximum Gasteiger partial charge on any atom is 0.335 e. The third-order valence-corrected chi connectivity index (χ3v) is 6.68. The number of barbiturate groups is 1. The van der Waals surface area contributed by atoms with Crippen LogP contribution in [-0.4, -0.2) is 30.4 Å². The fourth-order valence-corrected chi connectivity index (χ4v) is 4.60. The Morgan fingerprint density at radius 2 is 1.77 bits per heavy atom. The largest absolute Gasteiger partial charge is 0.369 e. The number of halogens is 1. The Labute approximate surface area is 190 Å². The van der Waals surface area contributed by atoms with Gasteiger partial charge in [0.1, 0.15) is 5.57 Å². The van der Waals surface area contributed by atoms with Crippen molar-refractivity contribution in [3.63, 3.8) is 0 Å². The summed E-state index contributed by atoms with van der Waals surface area (Å²) in [4.78, 5) is 41.2. The van der Waals surface area contributed by atoms with E-state index in [9.17, 15) is 14.4 Å². The van der Waals surface area contributed by atoms with E-state index in [-0.39, 0.29) is 11.1 Å². The van der Waals surface area contributed by atoms with Crippen molar-refractivity contribution in [1.29, 1.82) is 0 Å². The summed E-state index contributed by atoms with van der Waals surface area (Å²) in [5.74, 6) is -0.983. The highest BCUT2D eigenvalue weighted by atomic mass is 79.9. The summed E-state index contributed by atoms with van der Waals surface area (Å²) in [6, 6.07) is 12.0. The molecule has 0 aliphatic carbocycles. The lowest BCUT2D eigenvalue weighted by Gasteiger charge is -2.45. The molecule has 4 amide bonds. The summed E-state index contributed by atoms with van der Waals surface area (Å²) >= 11 is 3.34. The van der Waals surface area contributed by atoms with Gasteiger partial charge in [0.25, 0.3) is 11.8 Å². The SMILES string of the molecule is CC1CC(C)(C)N(C)c2ccc(/C=C3/C(=O)NC(=O)N(c4ccc(Br)cc4)C3=O)cc21. The second kappa shape index (κ2) is 7.64. The molecule has 160 valence electrons. The van der Waals surface area contributed by atoms with Gasteiger partial charge in [-0.15, -0.1) is 0 Å². The van der Waals surface area contributed by atoms with E-state index >= 15 is 0 Å². The molecular formula is C24H24BrN3O3. The smallest absolute Gasteiger partial charge is 0.335 e. The molecule has 31 heavy (non-hydrogen) atoms. The number of amides is 4. The van der Waals surface area contributed by atoms with Crippen LogP contribution in [0, 0.1) is 0 Å². The molecule has 0 spiro atoms. The topological polar surface area (TPSA) is 69.7 Å². The standard InChI is InChI=1S/C24H24BrN3O3/c1-14-13-24(2,3)27(4)20-10-5-15(11-18(14)20)12-19-21(29)26-23(31)28(22(19)30)17-8-6-16(25)7-9-17/h5-12,14H,13H2,1-4H3,(H,26,29,31)/b19-12-. The molecule has 2 aliphatic rings.